The van der Waals surface area contributed by atoms with Gasteiger partial charge in [0.25, 0.3) is 5.91 Å². The van der Waals surface area contributed by atoms with Gasteiger partial charge in [-0.05, 0) is 42.4 Å². The molecule has 1 amide bonds. The highest BCUT2D eigenvalue weighted by atomic mass is 19.2. The number of carbonyl (C=O) groups excluding carboxylic acids is 1. The second-order valence-electron chi connectivity index (χ2n) is 6.36. The summed E-state index contributed by atoms with van der Waals surface area (Å²) in [4.78, 5) is 25.8. The molecule has 1 saturated carbocycles. The molecule has 0 bridgehead atoms. The molecule has 2 N–H and O–H groups in total. The van der Waals surface area contributed by atoms with Crippen molar-refractivity contribution in [3.63, 3.8) is 0 Å². The lowest BCUT2D eigenvalue weighted by Crippen LogP contribution is -2.44. The number of aromatic amines is 1. The second-order valence-corrected chi connectivity index (χ2v) is 6.36. The monoisotopic (exact) mass is 336 g/mol. The molecule has 1 heterocycles. The zero-order valence-corrected chi connectivity index (χ0v) is 13.2. The van der Waals surface area contributed by atoms with Crippen molar-refractivity contribution in [2.24, 2.45) is 12.5 Å². The Morgan fingerprint density at radius 2 is 2.12 bits per heavy atom. The van der Waals surface area contributed by atoms with Crippen LogP contribution in [0.1, 0.15) is 35.4 Å². The first-order valence-electron chi connectivity index (χ1n) is 7.74. The molecule has 1 aromatic heterocycles. The van der Waals surface area contributed by atoms with Crippen LogP contribution in [0.5, 0.6) is 0 Å². The lowest BCUT2D eigenvalue weighted by atomic mass is 9.65. The van der Waals surface area contributed by atoms with Crippen LogP contribution in [-0.2, 0) is 13.5 Å². The number of aryl methyl sites for hydroxylation is 1. The first-order chi connectivity index (χ1) is 11.4. The molecule has 6 nitrogen and oxygen atoms in total. The Balaban J connectivity index is 1.66. The fourth-order valence-corrected chi connectivity index (χ4v) is 3.03. The van der Waals surface area contributed by atoms with Gasteiger partial charge in [-0.15, -0.1) is 5.10 Å². The SMILES string of the molecule is Cn1nc(C(=O)NCC2(Cc3ccc(F)c(F)c3)CCC2)[nH]c1=O. The average Bonchev–Trinajstić information content (AvgIpc) is 2.85. The van der Waals surface area contributed by atoms with Crippen LogP contribution < -0.4 is 11.0 Å². The first-order valence-corrected chi connectivity index (χ1v) is 7.74. The molecule has 0 radical (unpaired) electrons. The quantitative estimate of drug-likeness (QED) is 0.869. The minimum Gasteiger partial charge on any atom is -0.349 e. The highest BCUT2D eigenvalue weighted by Gasteiger charge is 2.37. The molecule has 0 aliphatic heterocycles. The van der Waals surface area contributed by atoms with Gasteiger partial charge in [-0.2, -0.15) is 0 Å². The molecule has 1 aliphatic rings. The molecular weight excluding hydrogens is 318 g/mol. The van der Waals surface area contributed by atoms with Gasteiger partial charge in [0.1, 0.15) is 0 Å². The standard InChI is InChI=1S/C16H18F2N4O2/c1-22-15(24)20-13(21-22)14(23)19-9-16(5-2-6-16)8-10-3-4-11(17)12(18)7-10/h3-4,7H,2,5-6,8-9H2,1H3,(H,19,23)(H,20,21,24). The molecule has 1 aromatic carbocycles. The van der Waals surface area contributed by atoms with E-state index in [1.165, 1.54) is 13.1 Å². The number of nitrogens with one attached hydrogen (secondary N) is 2. The highest BCUT2D eigenvalue weighted by Crippen LogP contribution is 2.43. The fraction of sp³-hybridized carbons (Fsp3) is 0.438. The molecule has 3 rings (SSSR count). The van der Waals surface area contributed by atoms with Gasteiger partial charge in [-0.25, -0.2) is 18.3 Å². The lowest BCUT2D eigenvalue weighted by Gasteiger charge is -2.42. The van der Waals surface area contributed by atoms with E-state index in [9.17, 15) is 18.4 Å². The number of benzene rings is 1. The van der Waals surface area contributed by atoms with Crippen LogP contribution >= 0.6 is 0 Å². The number of rotatable bonds is 5. The van der Waals surface area contributed by atoms with Crippen LogP contribution in [0.2, 0.25) is 0 Å². The van der Waals surface area contributed by atoms with E-state index in [1.807, 2.05) is 0 Å². The number of carbonyl (C=O) groups is 1. The summed E-state index contributed by atoms with van der Waals surface area (Å²) in [5.74, 6) is -2.22. The van der Waals surface area contributed by atoms with Crippen molar-refractivity contribution in [3.05, 3.63) is 51.7 Å². The maximum absolute atomic E-state index is 13.4. The first kappa shape index (κ1) is 16.4. The number of amides is 1. The maximum Gasteiger partial charge on any atom is 0.343 e. The van der Waals surface area contributed by atoms with Crippen molar-refractivity contribution in [2.75, 3.05) is 6.54 Å². The number of aromatic nitrogens is 3. The van der Waals surface area contributed by atoms with Gasteiger partial charge in [0.05, 0.1) is 0 Å². The molecule has 24 heavy (non-hydrogen) atoms. The molecule has 0 spiro atoms. The van der Waals surface area contributed by atoms with Crippen LogP contribution in [-0.4, -0.2) is 27.2 Å². The molecule has 1 aliphatic carbocycles. The average molecular weight is 336 g/mol. The molecular formula is C16H18F2N4O2. The topological polar surface area (TPSA) is 79.8 Å². The van der Waals surface area contributed by atoms with Gasteiger partial charge in [0.15, 0.2) is 11.6 Å². The number of hydrogen-bond acceptors (Lipinski definition) is 3. The largest absolute Gasteiger partial charge is 0.349 e. The van der Waals surface area contributed by atoms with E-state index in [0.717, 1.165) is 30.0 Å². The van der Waals surface area contributed by atoms with Crippen molar-refractivity contribution in [3.8, 4) is 0 Å². The molecule has 8 heteroatoms. The summed E-state index contributed by atoms with van der Waals surface area (Å²) in [5, 5.41) is 6.58. The van der Waals surface area contributed by atoms with Gasteiger partial charge in [-0.3, -0.25) is 9.78 Å². The second kappa shape index (κ2) is 6.18. The Kier molecular flexibility index (Phi) is 4.21. The molecule has 0 atom stereocenters. The Morgan fingerprint density at radius 1 is 1.38 bits per heavy atom. The van der Waals surface area contributed by atoms with Crippen LogP contribution in [0.4, 0.5) is 8.78 Å². The summed E-state index contributed by atoms with van der Waals surface area (Å²) in [6.45, 7) is 0.392. The van der Waals surface area contributed by atoms with E-state index < -0.39 is 23.2 Å². The zero-order chi connectivity index (χ0) is 17.3. The van der Waals surface area contributed by atoms with Gasteiger partial charge in [-0.1, -0.05) is 12.5 Å². The van der Waals surface area contributed by atoms with Gasteiger partial charge >= 0.3 is 5.69 Å². The summed E-state index contributed by atoms with van der Waals surface area (Å²) >= 11 is 0. The summed E-state index contributed by atoms with van der Waals surface area (Å²) in [5.41, 5.74) is 0.0732. The van der Waals surface area contributed by atoms with E-state index in [0.29, 0.717) is 18.5 Å². The minimum absolute atomic E-state index is 0.0372. The van der Waals surface area contributed by atoms with Crippen LogP contribution in [0.15, 0.2) is 23.0 Å². The Labute approximate surface area is 136 Å². The van der Waals surface area contributed by atoms with Crippen molar-refractivity contribution < 1.29 is 13.6 Å². The summed E-state index contributed by atoms with van der Waals surface area (Å²) in [6.07, 6.45) is 3.37. The van der Waals surface area contributed by atoms with Crippen molar-refractivity contribution in [1.29, 1.82) is 0 Å². The number of H-pyrrole nitrogens is 1. The fourth-order valence-electron chi connectivity index (χ4n) is 3.03. The smallest absolute Gasteiger partial charge is 0.343 e. The lowest BCUT2D eigenvalue weighted by molar-refractivity contribution is 0.0849. The Morgan fingerprint density at radius 3 is 2.67 bits per heavy atom. The zero-order valence-electron chi connectivity index (χ0n) is 13.2. The minimum atomic E-state index is -0.867. The molecule has 1 fully saturated rings. The van der Waals surface area contributed by atoms with E-state index in [2.05, 4.69) is 15.4 Å². The maximum atomic E-state index is 13.4. The molecule has 128 valence electrons. The van der Waals surface area contributed by atoms with Gasteiger partial charge in [0.2, 0.25) is 5.82 Å². The third-order valence-electron chi connectivity index (χ3n) is 4.59. The molecule has 0 saturated heterocycles. The summed E-state index contributed by atoms with van der Waals surface area (Å²) in [6, 6.07) is 3.89. The Bertz CT molecular complexity index is 824. The van der Waals surface area contributed by atoms with Crippen molar-refractivity contribution >= 4 is 5.91 Å². The number of nitrogens with zero attached hydrogens (tertiary/aromatic N) is 2. The summed E-state index contributed by atoms with van der Waals surface area (Å²) < 4.78 is 27.4. The molecule has 0 unspecified atom stereocenters. The highest BCUT2D eigenvalue weighted by molar-refractivity contribution is 5.90. The van der Waals surface area contributed by atoms with E-state index in [-0.39, 0.29) is 11.2 Å². The number of hydrogen-bond donors (Lipinski definition) is 2. The normalized spacial score (nSPS) is 15.8. The van der Waals surface area contributed by atoms with Crippen LogP contribution in [0.3, 0.4) is 0 Å². The molecule has 2 aromatic rings. The Hall–Kier alpha value is -2.51. The van der Waals surface area contributed by atoms with Crippen LogP contribution in [0, 0.1) is 17.0 Å². The van der Waals surface area contributed by atoms with E-state index in [1.54, 1.807) is 6.07 Å². The number of halogens is 2. The van der Waals surface area contributed by atoms with Crippen LogP contribution in [0.25, 0.3) is 0 Å². The van der Waals surface area contributed by atoms with Crippen molar-refractivity contribution in [2.45, 2.75) is 25.7 Å². The van der Waals surface area contributed by atoms with Crippen molar-refractivity contribution in [1.82, 2.24) is 20.1 Å². The predicted octanol–water partition coefficient (Wildman–Crippen LogP) is 1.53. The van der Waals surface area contributed by atoms with Gasteiger partial charge < -0.3 is 5.32 Å². The van der Waals surface area contributed by atoms with Gasteiger partial charge in [0, 0.05) is 13.6 Å². The summed E-state index contributed by atoms with van der Waals surface area (Å²) in [7, 11) is 1.45. The third-order valence-corrected chi connectivity index (χ3v) is 4.59. The predicted molar refractivity (Wildman–Crippen MR) is 82.5 cm³/mol. The van der Waals surface area contributed by atoms with E-state index in [4.69, 9.17) is 0 Å². The van der Waals surface area contributed by atoms with E-state index >= 15 is 0 Å². The third kappa shape index (κ3) is 3.22.